The molecule has 0 saturated heterocycles. The van der Waals surface area contributed by atoms with Crippen molar-refractivity contribution in [2.45, 2.75) is 19.8 Å². The van der Waals surface area contributed by atoms with E-state index in [1.165, 1.54) is 5.57 Å². The van der Waals surface area contributed by atoms with Crippen molar-refractivity contribution in [3.05, 3.63) is 113 Å². The average Bonchev–Trinajstić information content (AvgIpc) is 3.34. The molecule has 1 amide bonds. The molecule has 2 aromatic rings. The molecule has 0 fully saturated rings. The minimum Gasteiger partial charge on any atom is -0.352 e. The van der Waals surface area contributed by atoms with E-state index in [-0.39, 0.29) is 5.91 Å². The zero-order valence-electron chi connectivity index (χ0n) is 18.5. The number of carbonyl (C=O) groups is 1. The summed E-state index contributed by atoms with van der Waals surface area (Å²) < 4.78 is 0. The number of hydrogen-bond acceptors (Lipinski definition) is 2. The average molecular weight is 421 g/mol. The lowest BCUT2D eigenvalue weighted by atomic mass is 9.96. The minimum atomic E-state index is -0.0892. The van der Waals surface area contributed by atoms with Gasteiger partial charge >= 0.3 is 0 Å². The molecule has 0 aliphatic carbocycles. The van der Waals surface area contributed by atoms with Gasteiger partial charge in [-0.1, -0.05) is 73.1 Å². The van der Waals surface area contributed by atoms with Crippen molar-refractivity contribution in [1.29, 1.82) is 0 Å². The van der Waals surface area contributed by atoms with Gasteiger partial charge in [-0.05, 0) is 60.7 Å². The van der Waals surface area contributed by atoms with Gasteiger partial charge < -0.3 is 5.32 Å². The van der Waals surface area contributed by atoms with E-state index in [9.17, 15) is 4.79 Å². The molecule has 3 rings (SSSR count). The highest BCUT2D eigenvalue weighted by atomic mass is 16.1. The molecule has 1 aliphatic heterocycles. The quantitative estimate of drug-likeness (QED) is 0.330. The summed E-state index contributed by atoms with van der Waals surface area (Å²) in [5.74, 6) is 6.39. The van der Waals surface area contributed by atoms with E-state index >= 15 is 0 Å². The molecule has 1 N–H and O–H groups in total. The minimum absolute atomic E-state index is 0.0892. The Labute approximate surface area is 191 Å². The van der Waals surface area contributed by atoms with Crippen molar-refractivity contribution in [3.63, 3.8) is 0 Å². The second-order valence-electron chi connectivity index (χ2n) is 7.37. The van der Waals surface area contributed by atoms with Crippen LogP contribution in [0.3, 0.4) is 0 Å². The normalized spacial score (nSPS) is 12.9. The number of aliphatic imine (C=N–C) groups is 1. The maximum Gasteiger partial charge on any atom is 0.251 e. The molecule has 0 atom stereocenters. The van der Waals surface area contributed by atoms with Gasteiger partial charge in [-0.25, -0.2) is 0 Å². The number of nitrogens with zero attached hydrogens (tertiary/aromatic N) is 1. The Morgan fingerprint density at radius 2 is 2.03 bits per heavy atom. The van der Waals surface area contributed by atoms with Crippen molar-refractivity contribution in [1.82, 2.24) is 5.32 Å². The fourth-order valence-corrected chi connectivity index (χ4v) is 3.40. The Kier molecular flexibility index (Phi) is 8.60. The molecule has 3 heteroatoms. The number of carbonyl (C=O) groups excluding carboxylic acids is 1. The van der Waals surface area contributed by atoms with Crippen LogP contribution >= 0.6 is 0 Å². The molecule has 1 aliphatic rings. The van der Waals surface area contributed by atoms with Gasteiger partial charge in [-0.2, -0.15) is 0 Å². The highest BCUT2D eigenvalue weighted by Crippen LogP contribution is 2.22. The molecular formula is C29H28N2O. The summed E-state index contributed by atoms with van der Waals surface area (Å²) in [4.78, 5) is 16.9. The predicted molar refractivity (Wildman–Crippen MR) is 135 cm³/mol. The van der Waals surface area contributed by atoms with E-state index in [0.29, 0.717) is 12.1 Å². The van der Waals surface area contributed by atoms with Crippen LogP contribution in [0, 0.1) is 11.8 Å². The van der Waals surface area contributed by atoms with Gasteiger partial charge in [0, 0.05) is 29.4 Å². The number of rotatable bonds is 8. The molecule has 2 aromatic carbocycles. The molecule has 0 spiro atoms. The smallest absolute Gasteiger partial charge is 0.251 e. The molecule has 0 bridgehead atoms. The topological polar surface area (TPSA) is 41.5 Å². The number of amides is 1. The second-order valence-corrected chi connectivity index (χ2v) is 7.37. The van der Waals surface area contributed by atoms with E-state index in [1.54, 1.807) is 6.08 Å². The van der Waals surface area contributed by atoms with Crippen molar-refractivity contribution < 1.29 is 4.79 Å². The zero-order valence-corrected chi connectivity index (χ0v) is 18.5. The summed E-state index contributed by atoms with van der Waals surface area (Å²) in [7, 11) is 0. The van der Waals surface area contributed by atoms with Gasteiger partial charge in [0.1, 0.15) is 0 Å². The van der Waals surface area contributed by atoms with Crippen LogP contribution in [0.5, 0.6) is 0 Å². The number of benzene rings is 2. The van der Waals surface area contributed by atoms with Gasteiger partial charge in [0.25, 0.3) is 5.91 Å². The van der Waals surface area contributed by atoms with Gasteiger partial charge in [-0.3, -0.25) is 9.79 Å². The Balaban J connectivity index is 1.82. The highest BCUT2D eigenvalue weighted by Gasteiger charge is 2.11. The summed E-state index contributed by atoms with van der Waals surface area (Å²) in [6.45, 7) is 7.19. The molecular weight excluding hydrogens is 392 g/mol. The largest absolute Gasteiger partial charge is 0.352 e. The van der Waals surface area contributed by atoms with Crippen LogP contribution in [0.2, 0.25) is 0 Å². The summed E-state index contributed by atoms with van der Waals surface area (Å²) in [5.41, 5.74) is 5.55. The highest BCUT2D eigenvalue weighted by molar-refractivity contribution is 5.95. The molecule has 1 heterocycles. The first-order chi connectivity index (χ1) is 15.7. The van der Waals surface area contributed by atoms with E-state index in [4.69, 9.17) is 0 Å². The summed E-state index contributed by atoms with van der Waals surface area (Å²) in [6.07, 6.45) is 13.6. The first kappa shape index (κ1) is 22.8. The lowest BCUT2D eigenvalue weighted by molar-refractivity contribution is 0.0953. The van der Waals surface area contributed by atoms with Crippen molar-refractivity contribution >= 4 is 17.7 Å². The van der Waals surface area contributed by atoms with Crippen LogP contribution in [0.4, 0.5) is 0 Å². The van der Waals surface area contributed by atoms with Crippen LogP contribution in [0.1, 0.15) is 46.8 Å². The summed E-state index contributed by atoms with van der Waals surface area (Å²) in [6, 6.07) is 15.5. The second kappa shape index (κ2) is 12.1. The fourth-order valence-electron chi connectivity index (χ4n) is 3.40. The first-order valence-electron chi connectivity index (χ1n) is 10.8. The van der Waals surface area contributed by atoms with Crippen molar-refractivity contribution in [3.8, 4) is 11.8 Å². The molecule has 32 heavy (non-hydrogen) atoms. The molecule has 3 nitrogen and oxygen atoms in total. The van der Waals surface area contributed by atoms with Crippen LogP contribution in [-0.4, -0.2) is 25.2 Å². The lowest BCUT2D eigenvalue weighted by Gasteiger charge is -2.10. The summed E-state index contributed by atoms with van der Waals surface area (Å²) in [5, 5.41) is 3.02. The maximum atomic E-state index is 12.8. The van der Waals surface area contributed by atoms with Crippen LogP contribution < -0.4 is 5.32 Å². The van der Waals surface area contributed by atoms with E-state index in [2.05, 4.69) is 34.8 Å². The number of allylic oxidation sites excluding steroid dienone is 6. The van der Waals surface area contributed by atoms with Crippen molar-refractivity contribution in [2.75, 3.05) is 13.1 Å². The van der Waals surface area contributed by atoms with Crippen LogP contribution in [0.15, 0.2) is 96.1 Å². The fraction of sp³-hybridized carbons (Fsp3) is 0.172. The molecule has 0 saturated carbocycles. The van der Waals surface area contributed by atoms with Crippen molar-refractivity contribution in [2.24, 2.45) is 4.99 Å². The van der Waals surface area contributed by atoms with Gasteiger partial charge in [0.15, 0.2) is 0 Å². The predicted octanol–water partition coefficient (Wildman–Crippen LogP) is 5.75. The number of nitrogens with one attached hydrogen (secondary N) is 1. The lowest BCUT2D eigenvalue weighted by Crippen LogP contribution is -2.24. The molecule has 0 aromatic heterocycles. The van der Waals surface area contributed by atoms with Gasteiger partial charge in [0.2, 0.25) is 0 Å². The molecule has 0 unspecified atom stereocenters. The van der Waals surface area contributed by atoms with Crippen LogP contribution in [-0.2, 0) is 0 Å². The zero-order chi connectivity index (χ0) is 22.6. The van der Waals surface area contributed by atoms with E-state index in [1.807, 2.05) is 79.9 Å². The SMILES string of the molecule is C=C/C=C(\C=C/C)c1ccc(C(=O)NCCCC2=CCN=C2)cc1C#Cc1ccccc1. The Morgan fingerprint density at radius 1 is 1.19 bits per heavy atom. The third kappa shape index (κ3) is 6.55. The first-order valence-corrected chi connectivity index (χ1v) is 10.8. The summed E-state index contributed by atoms with van der Waals surface area (Å²) >= 11 is 0. The van der Waals surface area contributed by atoms with Gasteiger partial charge in [-0.15, -0.1) is 0 Å². The Hall–Kier alpha value is -3.90. The standard InChI is InChI=1S/C29H28N2O/c1-3-9-25(10-4-2)28-17-16-27(21-26(28)15-14-23-11-6-5-7-12-23)29(32)31-19-8-13-24-18-20-30-22-24/h3-7,9-12,16-18,21-22H,1,8,13,19-20H2,2H3,(H,31,32)/b10-4-,25-9+. The maximum absolute atomic E-state index is 12.8. The van der Waals surface area contributed by atoms with Gasteiger partial charge in [0.05, 0.1) is 6.54 Å². The van der Waals surface area contributed by atoms with Crippen LogP contribution in [0.25, 0.3) is 5.57 Å². The van der Waals surface area contributed by atoms with E-state index in [0.717, 1.165) is 41.6 Å². The third-order valence-electron chi connectivity index (χ3n) is 5.00. The number of hydrogen-bond donors (Lipinski definition) is 1. The molecule has 0 radical (unpaired) electrons. The van der Waals surface area contributed by atoms with E-state index < -0.39 is 0 Å². The Morgan fingerprint density at radius 3 is 2.75 bits per heavy atom. The Bertz CT molecular complexity index is 1140. The monoisotopic (exact) mass is 420 g/mol. The third-order valence-corrected chi connectivity index (χ3v) is 5.00. The molecule has 160 valence electrons.